The molecule has 5 unspecified atom stereocenters. The molecule has 0 aliphatic carbocycles. The van der Waals surface area contributed by atoms with Crippen molar-refractivity contribution in [2.24, 2.45) is 5.92 Å². The Morgan fingerprint density at radius 1 is 0.795 bits per heavy atom. The van der Waals surface area contributed by atoms with Gasteiger partial charge in [0.25, 0.3) is 0 Å². The Hall–Kier alpha value is -3.40. The molecule has 0 radical (unpaired) electrons. The van der Waals surface area contributed by atoms with Crippen LogP contribution in [0, 0.1) is 5.92 Å². The molecular weight excluding hydrogens is 476 g/mol. The lowest BCUT2D eigenvalue weighted by atomic mass is 9.67. The summed E-state index contributed by atoms with van der Waals surface area (Å²) in [5.74, 6) is 1.93. The van der Waals surface area contributed by atoms with Gasteiger partial charge >= 0.3 is 0 Å². The molecule has 0 saturated carbocycles. The van der Waals surface area contributed by atoms with Gasteiger partial charge in [-0.3, -0.25) is 4.90 Å². The van der Waals surface area contributed by atoms with Crippen molar-refractivity contribution < 1.29 is 4.74 Å². The summed E-state index contributed by atoms with van der Waals surface area (Å²) >= 11 is 0. The van der Waals surface area contributed by atoms with Crippen LogP contribution in [0.15, 0.2) is 115 Å². The number of hydrogen-bond acceptors (Lipinski definition) is 3. The van der Waals surface area contributed by atoms with Crippen LogP contribution in [0.2, 0.25) is 0 Å². The summed E-state index contributed by atoms with van der Waals surface area (Å²) in [6.07, 6.45) is 4.89. The van der Waals surface area contributed by atoms with E-state index >= 15 is 0 Å². The van der Waals surface area contributed by atoms with Gasteiger partial charge in [-0.15, -0.1) is 0 Å². The Morgan fingerprint density at radius 2 is 1.41 bits per heavy atom. The molecule has 3 heterocycles. The van der Waals surface area contributed by atoms with Gasteiger partial charge in [0.15, 0.2) is 0 Å². The molecule has 5 atom stereocenters. The second-order valence-electron chi connectivity index (χ2n) is 11.2. The lowest BCUT2D eigenvalue weighted by Crippen LogP contribution is -2.67. The summed E-state index contributed by atoms with van der Waals surface area (Å²) in [6, 6.07) is 43.2. The van der Waals surface area contributed by atoms with Gasteiger partial charge in [-0.25, -0.2) is 0 Å². The van der Waals surface area contributed by atoms with E-state index in [4.69, 9.17) is 4.74 Å². The molecule has 3 aliphatic heterocycles. The minimum absolute atomic E-state index is 0.310. The smallest absolute Gasteiger partial charge is 0.123 e. The number of para-hydroxylation sites is 1. The Balaban J connectivity index is 1.34. The van der Waals surface area contributed by atoms with E-state index in [0.29, 0.717) is 30.0 Å². The van der Waals surface area contributed by atoms with Crippen molar-refractivity contribution in [3.8, 4) is 5.75 Å². The van der Waals surface area contributed by atoms with Gasteiger partial charge in [0, 0.05) is 36.2 Å². The Kier molecular flexibility index (Phi) is 8.08. The quantitative estimate of drug-likeness (QED) is 0.244. The van der Waals surface area contributed by atoms with Gasteiger partial charge in [-0.2, -0.15) is 0 Å². The number of nitrogens with one attached hydrogen (secondary N) is 1. The number of rotatable bonds is 10. The Bertz CT molecular complexity index is 1270. The van der Waals surface area contributed by atoms with Crippen LogP contribution in [0.5, 0.6) is 5.75 Å². The number of benzene rings is 4. The van der Waals surface area contributed by atoms with E-state index in [0.717, 1.165) is 18.7 Å². The third kappa shape index (κ3) is 5.66. The topological polar surface area (TPSA) is 24.5 Å². The van der Waals surface area contributed by atoms with E-state index in [1.54, 1.807) is 7.11 Å². The van der Waals surface area contributed by atoms with Crippen LogP contribution in [0.3, 0.4) is 0 Å². The minimum Gasteiger partial charge on any atom is -0.496 e. The summed E-state index contributed by atoms with van der Waals surface area (Å²) in [4.78, 5) is 2.88. The molecular formula is C36H40N2O. The normalized spacial score (nSPS) is 24.1. The van der Waals surface area contributed by atoms with Gasteiger partial charge in [-0.05, 0) is 60.9 Å². The largest absolute Gasteiger partial charge is 0.496 e. The zero-order valence-electron chi connectivity index (χ0n) is 23.0. The van der Waals surface area contributed by atoms with E-state index in [1.807, 2.05) is 0 Å². The zero-order valence-corrected chi connectivity index (χ0v) is 23.0. The molecule has 3 saturated heterocycles. The highest BCUT2D eigenvalue weighted by atomic mass is 16.5. The van der Waals surface area contributed by atoms with Crippen LogP contribution in [0.25, 0.3) is 0 Å². The highest BCUT2D eigenvalue weighted by Gasteiger charge is 2.49. The van der Waals surface area contributed by atoms with E-state index in [1.165, 1.54) is 48.1 Å². The highest BCUT2D eigenvalue weighted by molar-refractivity contribution is 5.37. The molecule has 0 amide bonds. The fourth-order valence-corrected chi connectivity index (χ4v) is 7.24. The second kappa shape index (κ2) is 12.2. The maximum absolute atomic E-state index is 5.70. The van der Waals surface area contributed by atoms with Gasteiger partial charge < -0.3 is 10.1 Å². The molecule has 2 bridgehead atoms. The van der Waals surface area contributed by atoms with Crippen molar-refractivity contribution in [3.05, 3.63) is 138 Å². The average Bonchev–Trinajstić information content (AvgIpc) is 3.01. The number of aryl methyl sites for hydroxylation is 1. The predicted molar refractivity (Wildman–Crippen MR) is 160 cm³/mol. The SMILES string of the molecule is COc1ccccc1CNC1C2CCN(C(CCc3ccccc3)C2)C1C(c1ccccc1)c1ccccc1. The van der Waals surface area contributed by atoms with E-state index in [9.17, 15) is 0 Å². The fourth-order valence-electron chi connectivity index (χ4n) is 7.24. The van der Waals surface area contributed by atoms with Crippen molar-refractivity contribution in [1.82, 2.24) is 10.2 Å². The van der Waals surface area contributed by atoms with Gasteiger partial charge in [-0.1, -0.05) is 109 Å². The minimum atomic E-state index is 0.310. The summed E-state index contributed by atoms with van der Waals surface area (Å²) in [6.45, 7) is 2.00. The Labute approximate surface area is 233 Å². The van der Waals surface area contributed by atoms with Crippen molar-refractivity contribution >= 4 is 0 Å². The maximum Gasteiger partial charge on any atom is 0.123 e. The zero-order chi connectivity index (χ0) is 26.4. The van der Waals surface area contributed by atoms with Crippen LogP contribution in [0.4, 0.5) is 0 Å². The number of piperidine rings is 3. The van der Waals surface area contributed by atoms with Crippen LogP contribution >= 0.6 is 0 Å². The van der Waals surface area contributed by atoms with Crippen LogP contribution in [-0.2, 0) is 13.0 Å². The van der Waals surface area contributed by atoms with Crippen LogP contribution in [0.1, 0.15) is 47.4 Å². The number of methoxy groups -OCH3 is 1. The number of ether oxygens (including phenoxy) is 1. The number of hydrogen-bond donors (Lipinski definition) is 1. The maximum atomic E-state index is 5.70. The molecule has 1 N–H and O–H groups in total. The van der Waals surface area contributed by atoms with Gasteiger partial charge in [0.05, 0.1) is 7.11 Å². The first-order valence-electron chi connectivity index (χ1n) is 14.6. The van der Waals surface area contributed by atoms with E-state index in [-0.39, 0.29) is 0 Å². The Morgan fingerprint density at radius 3 is 2.08 bits per heavy atom. The van der Waals surface area contributed by atoms with Gasteiger partial charge in [0.2, 0.25) is 0 Å². The van der Waals surface area contributed by atoms with Gasteiger partial charge in [0.1, 0.15) is 5.75 Å². The summed E-state index contributed by atoms with van der Waals surface area (Å²) < 4.78 is 5.70. The highest BCUT2D eigenvalue weighted by Crippen LogP contribution is 2.45. The first kappa shape index (κ1) is 25.9. The molecule has 0 aromatic heterocycles. The van der Waals surface area contributed by atoms with Crippen molar-refractivity contribution in [2.75, 3.05) is 13.7 Å². The molecule has 3 nitrogen and oxygen atoms in total. The molecule has 200 valence electrons. The molecule has 4 aromatic carbocycles. The third-order valence-electron chi connectivity index (χ3n) is 9.05. The van der Waals surface area contributed by atoms with Crippen molar-refractivity contribution in [3.63, 3.8) is 0 Å². The molecule has 7 rings (SSSR count). The number of fused-ring (bicyclic) bond motifs is 3. The van der Waals surface area contributed by atoms with Crippen molar-refractivity contribution in [2.45, 2.75) is 56.3 Å². The van der Waals surface area contributed by atoms with Crippen LogP contribution in [-0.4, -0.2) is 36.7 Å². The summed E-state index contributed by atoms with van der Waals surface area (Å²) in [5.41, 5.74) is 5.50. The molecule has 39 heavy (non-hydrogen) atoms. The van der Waals surface area contributed by atoms with E-state index in [2.05, 4.69) is 125 Å². The van der Waals surface area contributed by atoms with Crippen molar-refractivity contribution in [1.29, 1.82) is 0 Å². The van der Waals surface area contributed by atoms with Crippen LogP contribution < -0.4 is 10.1 Å². The second-order valence-corrected chi connectivity index (χ2v) is 11.2. The number of nitrogens with zero attached hydrogens (tertiary/aromatic N) is 1. The fraction of sp³-hybridized carbons (Fsp3) is 0.333. The third-order valence-corrected chi connectivity index (χ3v) is 9.05. The lowest BCUT2D eigenvalue weighted by molar-refractivity contribution is -0.0418. The first-order valence-corrected chi connectivity index (χ1v) is 14.6. The molecule has 4 aromatic rings. The predicted octanol–water partition coefficient (Wildman–Crippen LogP) is 7.08. The average molecular weight is 517 g/mol. The summed E-state index contributed by atoms with van der Waals surface area (Å²) in [7, 11) is 1.77. The first-order chi connectivity index (χ1) is 19.3. The summed E-state index contributed by atoms with van der Waals surface area (Å²) in [5, 5.41) is 4.09. The molecule has 3 aliphatic rings. The monoisotopic (exact) mass is 516 g/mol. The molecule has 0 spiro atoms. The van der Waals surface area contributed by atoms with E-state index < -0.39 is 0 Å². The standard InChI is InChI=1S/C36H40N2O/c1-39-33-20-12-11-19-31(33)26-37-35-30-23-24-38(32(25-30)22-21-27-13-5-2-6-14-27)36(35)34(28-15-7-3-8-16-28)29-17-9-4-10-18-29/h2-20,30,32,34-37H,21-26H2,1H3. The lowest BCUT2D eigenvalue weighted by Gasteiger charge is -2.58. The molecule has 3 heteroatoms. The molecule has 3 fully saturated rings.